The topological polar surface area (TPSA) is 21.3 Å². The molecule has 2 nitrogen and oxygen atoms in total. The second-order valence-corrected chi connectivity index (χ2v) is 5.91. The number of benzene rings is 1. The van der Waals surface area contributed by atoms with Gasteiger partial charge in [0.05, 0.1) is 5.02 Å². The third-order valence-corrected chi connectivity index (χ3v) is 4.07. The fourth-order valence-electron chi connectivity index (χ4n) is 2.50. The van der Waals surface area contributed by atoms with E-state index in [4.69, 9.17) is 27.9 Å². The zero-order valence-corrected chi connectivity index (χ0v) is 12.6. The molecule has 1 aliphatic carbocycles. The van der Waals surface area contributed by atoms with Crippen LogP contribution >= 0.6 is 23.2 Å². The first-order valence-electron chi connectivity index (χ1n) is 7.07. The van der Waals surface area contributed by atoms with Crippen LogP contribution in [0.25, 0.3) is 0 Å². The Hall–Kier alpha value is -0.440. The molecule has 0 spiro atoms. The second kappa shape index (κ2) is 7.98. The van der Waals surface area contributed by atoms with E-state index in [1.807, 2.05) is 6.07 Å². The Labute approximate surface area is 125 Å². The minimum Gasteiger partial charge on any atom is -0.491 e. The Morgan fingerprint density at radius 2 is 1.84 bits per heavy atom. The van der Waals surface area contributed by atoms with Crippen LogP contribution in [0.3, 0.4) is 0 Å². The highest BCUT2D eigenvalue weighted by molar-refractivity contribution is 6.35. The largest absolute Gasteiger partial charge is 0.491 e. The maximum absolute atomic E-state index is 6.05. The maximum atomic E-state index is 6.05. The van der Waals surface area contributed by atoms with Crippen LogP contribution in [0.4, 0.5) is 0 Å². The summed E-state index contributed by atoms with van der Waals surface area (Å²) in [5.41, 5.74) is 0. The third-order valence-electron chi connectivity index (χ3n) is 3.54. The van der Waals surface area contributed by atoms with Gasteiger partial charge < -0.3 is 10.1 Å². The lowest BCUT2D eigenvalue weighted by atomic mass is 10.1. The molecule has 4 heteroatoms. The van der Waals surface area contributed by atoms with Crippen LogP contribution in [-0.2, 0) is 0 Å². The molecule has 0 atom stereocenters. The summed E-state index contributed by atoms with van der Waals surface area (Å²) < 4.78 is 5.66. The first-order chi connectivity index (χ1) is 9.25. The molecule has 1 aromatic carbocycles. The van der Waals surface area contributed by atoms with Gasteiger partial charge >= 0.3 is 0 Å². The highest BCUT2D eigenvalue weighted by Gasteiger charge is 2.11. The first-order valence-corrected chi connectivity index (χ1v) is 7.82. The highest BCUT2D eigenvalue weighted by atomic mass is 35.5. The van der Waals surface area contributed by atoms with E-state index < -0.39 is 0 Å². The van der Waals surface area contributed by atoms with Crippen LogP contribution in [0.15, 0.2) is 18.2 Å². The van der Waals surface area contributed by atoms with Gasteiger partial charge in [-0.25, -0.2) is 0 Å². The Balaban J connectivity index is 1.68. The van der Waals surface area contributed by atoms with Gasteiger partial charge in [-0.1, -0.05) is 48.9 Å². The van der Waals surface area contributed by atoms with E-state index in [1.165, 1.54) is 38.5 Å². The zero-order valence-electron chi connectivity index (χ0n) is 11.1. The average Bonchev–Trinajstić information content (AvgIpc) is 2.65. The van der Waals surface area contributed by atoms with Crippen LogP contribution in [0.2, 0.25) is 10.0 Å². The van der Waals surface area contributed by atoms with E-state index in [2.05, 4.69) is 5.32 Å². The minimum absolute atomic E-state index is 0.571. The van der Waals surface area contributed by atoms with Gasteiger partial charge in [-0.15, -0.1) is 0 Å². The van der Waals surface area contributed by atoms with Crippen molar-refractivity contribution < 1.29 is 4.74 Å². The molecule has 0 amide bonds. The predicted octanol–water partition coefficient (Wildman–Crippen LogP) is 4.68. The summed E-state index contributed by atoms with van der Waals surface area (Å²) in [7, 11) is 0. The van der Waals surface area contributed by atoms with Crippen LogP contribution in [0, 0.1) is 0 Å². The van der Waals surface area contributed by atoms with Crippen molar-refractivity contribution in [1.82, 2.24) is 5.32 Å². The molecule has 1 saturated carbocycles. The summed E-state index contributed by atoms with van der Waals surface area (Å²) in [5.74, 6) is 0.703. The molecule has 2 rings (SSSR count). The van der Waals surface area contributed by atoms with Crippen LogP contribution in [-0.4, -0.2) is 19.2 Å². The molecule has 1 fully saturated rings. The summed E-state index contributed by atoms with van der Waals surface area (Å²) in [6.45, 7) is 1.50. The number of rotatable bonds is 5. The Morgan fingerprint density at radius 3 is 2.53 bits per heavy atom. The normalized spacial score (nSPS) is 17.2. The number of nitrogens with one attached hydrogen (secondary N) is 1. The van der Waals surface area contributed by atoms with Gasteiger partial charge in [0.2, 0.25) is 0 Å². The fraction of sp³-hybridized carbons (Fsp3) is 0.600. The monoisotopic (exact) mass is 301 g/mol. The van der Waals surface area contributed by atoms with Gasteiger partial charge in [0.25, 0.3) is 0 Å². The van der Waals surface area contributed by atoms with E-state index in [0.29, 0.717) is 28.4 Å². The minimum atomic E-state index is 0.571. The first kappa shape index (κ1) is 15.0. The molecular weight excluding hydrogens is 281 g/mol. The molecule has 0 unspecified atom stereocenters. The van der Waals surface area contributed by atoms with Crippen molar-refractivity contribution in [2.75, 3.05) is 13.2 Å². The predicted molar refractivity (Wildman–Crippen MR) is 81.4 cm³/mol. The molecule has 0 aliphatic heterocycles. The van der Waals surface area contributed by atoms with E-state index in [-0.39, 0.29) is 0 Å². The molecule has 1 aliphatic rings. The standard InChI is InChI=1S/C15H21Cl2NO/c16-12-7-8-15(14(17)11-12)19-10-9-18-13-5-3-1-2-4-6-13/h7-8,11,13,18H,1-6,9-10H2. The van der Waals surface area contributed by atoms with Crippen molar-refractivity contribution in [2.45, 2.75) is 44.6 Å². The van der Waals surface area contributed by atoms with Gasteiger partial charge in [0.1, 0.15) is 12.4 Å². The van der Waals surface area contributed by atoms with E-state index in [0.717, 1.165) is 6.54 Å². The van der Waals surface area contributed by atoms with Crippen LogP contribution in [0.5, 0.6) is 5.75 Å². The molecule has 1 aromatic rings. The van der Waals surface area contributed by atoms with Gasteiger partial charge in [-0.05, 0) is 31.0 Å². The van der Waals surface area contributed by atoms with E-state index >= 15 is 0 Å². The van der Waals surface area contributed by atoms with Crippen molar-refractivity contribution in [2.24, 2.45) is 0 Å². The van der Waals surface area contributed by atoms with Crippen LogP contribution in [0.1, 0.15) is 38.5 Å². The fourth-order valence-corrected chi connectivity index (χ4v) is 2.96. The second-order valence-electron chi connectivity index (χ2n) is 5.07. The van der Waals surface area contributed by atoms with E-state index in [1.54, 1.807) is 12.1 Å². The summed E-state index contributed by atoms with van der Waals surface area (Å²) in [5, 5.41) is 4.77. The van der Waals surface area contributed by atoms with Crippen molar-refractivity contribution >= 4 is 23.2 Å². The smallest absolute Gasteiger partial charge is 0.138 e. The Bertz CT molecular complexity index is 390. The molecule has 0 aromatic heterocycles. The quantitative estimate of drug-likeness (QED) is 0.629. The van der Waals surface area contributed by atoms with Gasteiger partial charge in [0, 0.05) is 17.6 Å². The number of ether oxygens (including phenoxy) is 1. The summed E-state index contributed by atoms with van der Waals surface area (Å²) in [6, 6.07) is 5.97. The molecule has 0 saturated heterocycles. The lowest BCUT2D eigenvalue weighted by Gasteiger charge is -2.16. The SMILES string of the molecule is Clc1ccc(OCCNC2CCCCCC2)c(Cl)c1. The molecule has 0 heterocycles. The van der Waals surface area contributed by atoms with Crippen LogP contribution < -0.4 is 10.1 Å². The van der Waals surface area contributed by atoms with Crippen molar-refractivity contribution in [3.63, 3.8) is 0 Å². The summed E-state index contributed by atoms with van der Waals surface area (Å²) in [6.07, 6.45) is 8.05. The lowest BCUT2D eigenvalue weighted by molar-refractivity contribution is 0.300. The number of halogens is 2. The Morgan fingerprint density at radius 1 is 1.11 bits per heavy atom. The number of hydrogen-bond acceptors (Lipinski definition) is 2. The maximum Gasteiger partial charge on any atom is 0.138 e. The lowest BCUT2D eigenvalue weighted by Crippen LogP contribution is -2.32. The third kappa shape index (κ3) is 5.21. The van der Waals surface area contributed by atoms with Crippen molar-refractivity contribution in [3.8, 4) is 5.75 Å². The van der Waals surface area contributed by atoms with Crippen molar-refractivity contribution in [3.05, 3.63) is 28.2 Å². The highest BCUT2D eigenvalue weighted by Crippen LogP contribution is 2.27. The van der Waals surface area contributed by atoms with Gasteiger partial charge in [0.15, 0.2) is 0 Å². The molecule has 19 heavy (non-hydrogen) atoms. The Kier molecular flexibility index (Phi) is 6.29. The average molecular weight is 302 g/mol. The zero-order chi connectivity index (χ0) is 13.5. The molecule has 106 valence electrons. The van der Waals surface area contributed by atoms with Crippen molar-refractivity contribution in [1.29, 1.82) is 0 Å². The molecular formula is C15H21Cl2NO. The summed E-state index contributed by atoms with van der Waals surface area (Å²) >= 11 is 11.9. The van der Waals surface area contributed by atoms with E-state index in [9.17, 15) is 0 Å². The molecule has 0 bridgehead atoms. The number of hydrogen-bond donors (Lipinski definition) is 1. The molecule has 1 N–H and O–H groups in total. The van der Waals surface area contributed by atoms with Gasteiger partial charge in [-0.2, -0.15) is 0 Å². The summed E-state index contributed by atoms with van der Waals surface area (Å²) in [4.78, 5) is 0. The molecule has 0 radical (unpaired) electrons. The van der Waals surface area contributed by atoms with Gasteiger partial charge in [-0.3, -0.25) is 0 Å².